The topological polar surface area (TPSA) is 55.5 Å². The molecule has 0 aromatic carbocycles. The van der Waals surface area contributed by atoms with Crippen LogP contribution in [0.4, 0.5) is 0 Å². The zero-order valence-electron chi connectivity index (χ0n) is 6.86. The van der Waals surface area contributed by atoms with Gasteiger partial charge in [0.1, 0.15) is 0 Å². The van der Waals surface area contributed by atoms with Crippen molar-refractivity contribution >= 4 is 6.72 Å². The van der Waals surface area contributed by atoms with Crippen molar-refractivity contribution in [3.8, 4) is 0 Å². The molecule has 0 fully saturated rings. The van der Waals surface area contributed by atoms with Gasteiger partial charge in [0.05, 0.1) is 10.6 Å². The SMILES string of the molecule is C=NC(/C=C\C(=C)[N+](=O)[O-])=C/C. The van der Waals surface area contributed by atoms with E-state index in [1.165, 1.54) is 12.2 Å². The molecule has 0 unspecified atom stereocenters. The molecular weight excluding hydrogens is 156 g/mol. The lowest BCUT2D eigenvalue weighted by Gasteiger charge is -1.88. The first-order valence-corrected chi connectivity index (χ1v) is 3.26. The Morgan fingerprint density at radius 2 is 2.17 bits per heavy atom. The fourth-order valence-electron chi connectivity index (χ4n) is 0.483. The first kappa shape index (κ1) is 10.3. The van der Waals surface area contributed by atoms with Crippen molar-refractivity contribution in [2.45, 2.75) is 6.92 Å². The first-order chi connectivity index (χ1) is 5.61. The molecule has 0 aliphatic rings. The average Bonchev–Trinajstić information content (AvgIpc) is 2.05. The standard InChI is InChI=1S/C8H10N2O2/c1-4-8(9-3)6-5-7(2)10(11)12/h4-6H,2-3H2,1H3/b6-5-,8-4+. The molecule has 4 nitrogen and oxygen atoms in total. The third-order valence-electron chi connectivity index (χ3n) is 1.16. The maximum absolute atomic E-state index is 10.1. The van der Waals surface area contributed by atoms with E-state index in [1.807, 2.05) is 0 Å². The summed E-state index contributed by atoms with van der Waals surface area (Å²) >= 11 is 0. The average molecular weight is 166 g/mol. The number of nitro groups is 1. The molecule has 12 heavy (non-hydrogen) atoms. The lowest BCUT2D eigenvalue weighted by atomic mass is 10.3. The lowest BCUT2D eigenvalue weighted by Crippen LogP contribution is -1.92. The minimum atomic E-state index is -0.563. The second-order valence-electron chi connectivity index (χ2n) is 1.95. The van der Waals surface area contributed by atoms with Crippen molar-refractivity contribution < 1.29 is 4.92 Å². The maximum atomic E-state index is 10.1. The van der Waals surface area contributed by atoms with Crippen LogP contribution < -0.4 is 0 Å². The summed E-state index contributed by atoms with van der Waals surface area (Å²) in [5.74, 6) is 0. The van der Waals surface area contributed by atoms with Gasteiger partial charge in [-0.2, -0.15) is 0 Å². The number of allylic oxidation sites excluding steroid dienone is 3. The van der Waals surface area contributed by atoms with Gasteiger partial charge in [-0.25, -0.2) is 0 Å². The molecule has 0 spiro atoms. The number of hydrogen-bond acceptors (Lipinski definition) is 3. The van der Waals surface area contributed by atoms with E-state index < -0.39 is 4.92 Å². The van der Waals surface area contributed by atoms with Gasteiger partial charge in [-0.1, -0.05) is 6.08 Å². The van der Waals surface area contributed by atoms with Crippen LogP contribution in [0.1, 0.15) is 6.92 Å². The van der Waals surface area contributed by atoms with Gasteiger partial charge in [0.15, 0.2) is 0 Å². The molecule has 0 radical (unpaired) electrons. The van der Waals surface area contributed by atoms with Crippen LogP contribution in [0.25, 0.3) is 0 Å². The highest BCUT2D eigenvalue weighted by atomic mass is 16.6. The van der Waals surface area contributed by atoms with Gasteiger partial charge in [-0.3, -0.25) is 15.1 Å². The van der Waals surface area contributed by atoms with E-state index in [1.54, 1.807) is 13.0 Å². The molecule has 0 N–H and O–H groups in total. The van der Waals surface area contributed by atoms with Crippen molar-refractivity contribution in [1.29, 1.82) is 0 Å². The summed E-state index contributed by atoms with van der Waals surface area (Å²) in [6, 6.07) is 0. The van der Waals surface area contributed by atoms with E-state index in [0.717, 1.165) is 0 Å². The Labute approximate surface area is 70.8 Å². The molecule has 0 bridgehead atoms. The molecule has 0 saturated heterocycles. The summed E-state index contributed by atoms with van der Waals surface area (Å²) in [4.78, 5) is 13.1. The molecular formula is C8H10N2O2. The fraction of sp³-hybridized carbons (Fsp3) is 0.125. The Hall–Kier alpha value is -1.71. The molecule has 64 valence electrons. The van der Waals surface area contributed by atoms with Crippen molar-refractivity contribution in [3.63, 3.8) is 0 Å². The minimum Gasteiger partial charge on any atom is -0.265 e. The zero-order chi connectivity index (χ0) is 9.56. The van der Waals surface area contributed by atoms with E-state index in [-0.39, 0.29) is 5.70 Å². The van der Waals surface area contributed by atoms with Gasteiger partial charge in [-0.15, -0.1) is 0 Å². The maximum Gasteiger partial charge on any atom is 0.262 e. The summed E-state index contributed by atoms with van der Waals surface area (Å²) in [5.41, 5.74) is 0.413. The summed E-state index contributed by atoms with van der Waals surface area (Å²) in [5, 5.41) is 10.1. The van der Waals surface area contributed by atoms with Gasteiger partial charge in [-0.05, 0) is 26.3 Å². The monoisotopic (exact) mass is 166 g/mol. The smallest absolute Gasteiger partial charge is 0.262 e. The van der Waals surface area contributed by atoms with E-state index in [4.69, 9.17) is 0 Å². The van der Waals surface area contributed by atoms with Crippen molar-refractivity contribution in [2.75, 3.05) is 0 Å². The summed E-state index contributed by atoms with van der Waals surface area (Å²) in [6.45, 7) is 8.27. The largest absolute Gasteiger partial charge is 0.265 e. The van der Waals surface area contributed by atoms with Crippen LogP contribution in [0, 0.1) is 10.1 Å². The van der Waals surface area contributed by atoms with Crippen LogP contribution in [0.5, 0.6) is 0 Å². The fourth-order valence-corrected chi connectivity index (χ4v) is 0.483. The Balaban J connectivity index is 4.34. The van der Waals surface area contributed by atoms with Crippen LogP contribution in [-0.4, -0.2) is 11.6 Å². The Morgan fingerprint density at radius 3 is 2.50 bits per heavy atom. The molecule has 0 aliphatic heterocycles. The normalized spacial score (nSPS) is 11.6. The Bertz CT molecular complexity index is 264. The van der Waals surface area contributed by atoms with E-state index >= 15 is 0 Å². The quantitative estimate of drug-likeness (QED) is 0.277. The van der Waals surface area contributed by atoms with E-state index in [0.29, 0.717) is 5.70 Å². The summed E-state index contributed by atoms with van der Waals surface area (Å²) < 4.78 is 0. The molecule has 0 amide bonds. The van der Waals surface area contributed by atoms with Crippen LogP contribution in [-0.2, 0) is 0 Å². The Kier molecular flexibility index (Phi) is 4.30. The van der Waals surface area contributed by atoms with Crippen molar-refractivity contribution in [3.05, 3.63) is 46.3 Å². The molecule has 0 aliphatic carbocycles. The van der Waals surface area contributed by atoms with Crippen LogP contribution in [0.15, 0.2) is 41.2 Å². The third-order valence-corrected chi connectivity index (χ3v) is 1.16. The van der Waals surface area contributed by atoms with Crippen LogP contribution >= 0.6 is 0 Å². The van der Waals surface area contributed by atoms with Crippen LogP contribution in [0.3, 0.4) is 0 Å². The number of rotatable bonds is 4. The highest BCUT2D eigenvalue weighted by molar-refractivity contribution is 5.34. The molecule has 0 rings (SSSR count). The molecule has 0 atom stereocenters. The van der Waals surface area contributed by atoms with Crippen LogP contribution in [0.2, 0.25) is 0 Å². The minimum absolute atomic E-state index is 0.169. The first-order valence-electron chi connectivity index (χ1n) is 3.26. The number of hydrogen-bond donors (Lipinski definition) is 0. The van der Waals surface area contributed by atoms with E-state index in [2.05, 4.69) is 18.3 Å². The molecule has 0 saturated carbocycles. The highest BCUT2D eigenvalue weighted by Crippen LogP contribution is 2.01. The van der Waals surface area contributed by atoms with Gasteiger partial charge in [0.2, 0.25) is 0 Å². The van der Waals surface area contributed by atoms with Gasteiger partial charge in [0, 0.05) is 6.08 Å². The van der Waals surface area contributed by atoms with Crippen molar-refractivity contribution in [2.24, 2.45) is 4.99 Å². The second-order valence-corrected chi connectivity index (χ2v) is 1.95. The predicted molar refractivity (Wildman–Crippen MR) is 48.6 cm³/mol. The summed E-state index contributed by atoms with van der Waals surface area (Å²) in [7, 11) is 0. The van der Waals surface area contributed by atoms with Gasteiger partial charge < -0.3 is 0 Å². The Morgan fingerprint density at radius 1 is 1.58 bits per heavy atom. The third kappa shape index (κ3) is 3.46. The van der Waals surface area contributed by atoms with E-state index in [9.17, 15) is 10.1 Å². The second kappa shape index (κ2) is 5.01. The molecule has 0 aromatic rings. The molecule has 0 heterocycles. The van der Waals surface area contributed by atoms with Crippen molar-refractivity contribution in [1.82, 2.24) is 0 Å². The predicted octanol–water partition coefficient (Wildman–Crippen LogP) is 1.94. The number of nitrogens with zero attached hydrogens (tertiary/aromatic N) is 2. The summed E-state index contributed by atoms with van der Waals surface area (Å²) in [6.07, 6.45) is 4.46. The lowest BCUT2D eigenvalue weighted by molar-refractivity contribution is -0.418. The van der Waals surface area contributed by atoms with Gasteiger partial charge in [0.25, 0.3) is 5.70 Å². The highest BCUT2D eigenvalue weighted by Gasteiger charge is 1.98. The molecule has 0 aromatic heterocycles. The van der Waals surface area contributed by atoms with Gasteiger partial charge >= 0.3 is 0 Å². The number of aliphatic imine (C=N–C) groups is 1. The molecule has 4 heteroatoms. The zero-order valence-corrected chi connectivity index (χ0v) is 6.86.